The van der Waals surface area contributed by atoms with Crippen LogP contribution in [0.2, 0.25) is 0 Å². The molecule has 1 N–H and O–H groups in total. The smallest absolute Gasteiger partial charge is 0.222 e. The minimum absolute atomic E-state index is 0.00866. The maximum absolute atomic E-state index is 12.4. The van der Waals surface area contributed by atoms with Crippen molar-refractivity contribution in [2.75, 3.05) is 59.8 Å². The molecule has 35 heavy (non-hydrogen) atoms. The molecule has 0 aliphatic carbocycles. The van der Waals surface area contributed by atoms with Crippen molar-refractivity contribution in [1.29, 1.82) is 0 Å². The van der Waals surface area contributed by atoms with E-state index in [1.54, 1.807) is 0 Å². The van der Waals surface area contributed by atoms with E-state index in [0.717, 1.165) is 0 Å². The molecule has 0 aromatic carbocycles. The van der Waals surface area contributed by atoms with Crippen molar-refractivity contribution in [1.82, 2.24) is 10.2 Å². The molecule has 0 rings (SSSR count). The monoisotopic (exact) mass is 500 g/mol. The first-order chi connectivity index (χ1) is 16.4. The summed E-state index contributed by atoms with van der Waals surface area (Å²) < 4.78 is 16.8. The van der Waals surface area contributed by atoms with Crippen LogP contribution >= 0.6 is 0 Å². The summed E-state index contributed by atoms with van der Waals surface area (Å²) in [4.78, 5) is 49.5. The highest BCUT2D eigenvalue weighted by Gasteiger charge is 2.15. The molecule has 0 saturated carbocycles. The predicted molar refractivity (Wildman–Crippen MR) is 135 cm³/mol. The summed E-state index contributed by atoms with van der Waals surface area (Å²) >= 11 is 0. The second kappa shape index (κ2) is 19.5. The van der Waals surface area contributed by atoms with Crippen LogP contribution in [-0.2, 0) is 33.4 Å². The maximum Gasteiger partial charge on any atom is 0.222 e. The van der Waals surface area contributed by atoms with E-state index >= 15 is 0 Å². The second-order valence-electron chi connectivity index (χ2n) is 9.88. The summed E-state index contributed by atoms with van der Waals surface area (Å²) in [6.07, 6.45) is 0.836. The number of carbonyl (C=O) groups is 4. The number of carbonyl (C=O) groups excluding carboxylic acids is 4. The van der Waals surface area contributed by atoms with Crippen molar-refractivity contribution in [3.8, 4) is 0 Å². The van der Waals surface area contributed by atoms with Crippen LogP contribution in [0.1, 0.15) is 60.8 Å². The molecule has 0 spiro atoms. The molecule has 1 amide bonds. The summed E-state index contributed by atoms with van der Waals surface area (Å²) in [5.74, 6) is 0.189. The van der Waals surface area contributed by atoms with Gasteiger partial charge >= 0.3 is 0 Å². The summed E-state index contributed by atoms with van der Waals surface area (Å²) in [5, 5.41) is 2.88. The quantitative estimate of drug-likeness (QED) is 0.226. The lowest BCUT2D eigenvalue weighted by Gasteiger charge is -2.20. The Bertz CT molecular complexity index is 607. The lowest BCUT2D eigenvalue weighted by atomic mass is 10.1. The average Bonchev–Trinajstić information content (AvgIpc) is 2.78. The van der Waals surface area contributed by atoms with Crippen LogP contribution in [0.5, 0.6) is 0 Å². The molecular formula is C26H48N2O7. The molecule has 204 valence electrons. The van der Waals surface area contributed by atoms with Crippen LogP contribution in [0.25, 0.3) is 0 Å². The lowest BCUT2D eigenvalue weighted by molar-refractivity contribution is -0.126. The Labute approximate surface area is 211 Å². The number of nitrogens with zero attached hydrogens (tertiary/aromatic N) is 1. The van der Waals surface area contributed by atoms with Crippen LogP contribution in [0.3, 0.4) is 0 Å². The summed E-state index contributed by atoms with van der Waals surface area (Å²) in [6.45, 7) is 13.8. The Kier molecular flexibility index (Phi) is 18.6. The van der Waals surface area contributed by atoms with E-state index < -0.39 is 0 Å². The molecule has 0 aliphatic rings. The Morgan fingerprint density at radius 3 is 1.57 bits per heavy atom. The van der Waals surface area contributed by atoms with Gasteiger partial charge in [-0.05, 0) is 7.05 Å². The summed E-state index contributed by atoms with van der Waals surface area (Å²) in [5.41, 5.74) is 0. The average molecular weight is 501 g/mol. The van der Waals surface area contributed by atoms with Gasteiger partial charge in [0.15, 0.2) is 0 Å². The van der Waals surface area contributed by atoms with Gasteiger partial charge in [-0.15, -0.1) is 0 Å². The largest absolute Gasteiger partial charge is 0.380 e. The van der Waals surface area contributed by atoms with Crippen molar-refractivity contribution in [3.05, 3.63) is 0 Å². The number of Topliss-reactive ketones (excluding diaryl/α,β-unsaturated/α-hetero) is 3. The van der Waals surface area contributed by atoms with Crippen molar-refractivity contribution >= 4 is 23.3 Å². The van der Waals surface area contributed by atoms with Crippen molar-refractivity contribution in [3.63, 3.8) is 0 Å². The van der Waals surface area contributed by atoms with Gasteiger partial charge in [-0.25, -0.2) is 0 Å². The highest BCUT2D eigenvalue weighted by Crippen LogP contribution is 2.02. The molecule has 9 heteroatoms. The first kappa shape index (κ1) is 33.3. The fraction of sp³-hybridized carbons (Fsp3) is 0.846. The molecule has 9 nitrogen and oxygen atoms in total. The molecule has 0 aliphatic heterocycles. The number of hydrogen-bond acceptors (Lipinski definition) is 8. The van der Waals surface area contributed by atoms with Gasteiger partial charge in [0.2, 0.25) is 5.91 Å². The molecule has 0 unspecified atom stereocenters. The minimum Gasteiger partial charge on any atom is -0.380 e. The Balaban J connectivity index is 4.36. The molecular weight excluding hydrogens is 452 g/mol. The van der Waals surface area contributed by atoms with Crippen LogP contribution in [0.4, 0.5) is 0 Å². The Morgan fingerprint density at radius 1 is 0.657 bits per heavy atom. The molecule has 0 atom stereocenters. The van der Waals surface area contributed by atoms with E-state index in [9.17, 15) is 19.2 Å². The zero-order chi connectivity index (χ0) is 26.8. The molecule has 0 radical (unpaired) electrons. The Hall–Kier alpha value is -1.68. The van der Waals surface area contributed by atoms with E-state index in [0.29, 0.717) is 32.5 Å². The van der Waals surface area contributed by atoms with Crippen molar-refractivity contribution < 1.29 is 33.4 Å². The summed E-state index contributed by atoms with van der Waals surface area (Å²) in [6, 6.07) is -0.390. The van der Waals surface area contributed by atoms with E-state index in [4.69, 9.17) is 14.2 Å². The van der Waals surface area contributed by atoms with Crippen molar-refractivity contribution in [2.45, 2.75) is 66.8 Å². The lowest BCUT2D eigenvalue weighted by Crippen LogP contribution is -2.42. The number of ether oxygens (including phenoxy) is 3. The minimum atomic E-state index is -0.390. The highest BCUT2D eigenvalue weighted by atomic mass is 16.5. The number of likely N-dealkylation sites (N-methyl/N-ethyl adjacent to an activating group) is 1. The van der Waals surface area contributed by atoms with Gasteiger partial charge in [-0.3, -0.25) is 24.1 Å². The third-order valence-corrected chi connectivity index (χ3v) is 5.44. The first-order valence-corrected chi connectivity index (χ1v) is 12.7. The number of ketones is 3. The first-order valence-electron chi connectivity index (χ1n) is 12.7. The van der Waals surface area contributed by atoms with Crippen molar-refractivity contribution in [2.24, 2.45) is 17.8 Å². The van der Waals surface area contributed by atoms with Crippen LogP contribution in [-0.4, -0.2) is 94.0 Å². The molecule has 0 aromatic rings. The number of amides is 1. The Morgan fingerprint density at radius 2 is 1.11 bits per heavy atom. The van der Waals surface area contributed by atoms with Gasteiger partial charge < -0.3 is 19.5 Å². The molecule has 0 fully saturated rings. The van der Waals surface area contributed by atoms with E-state index in [1.807, 2.05) is 53.5 Å². The van der Waals surface area contributed by atoms with E-state index in [2.05, 4.69) is 5.32 Å². The predicted octanol–water partition coefficient (Wildman–Crippen LogP) is 2.30. The standard InChI is InChI=1S/C26H48N2O7/c1-19(2)23(29)8-12-34-17-22(18-35-13-9-24(30)20(3)4)27-26(32)10-14-33-15-11-28(7)16-25(31)21(5)6/h19-22H,8-18H2,1-7H3,(H,27,32). The summed E-state index contributed by atoms with van der Waals surface area (Å²) in [7, 11) is 1.87. The van der Waals surface area contributed by atoms with E-state index in [1.165, 1.54) is 0 Å². The zero-order valence-electron chi connectivity index (χ0n) is 22.9. The normalized spacial score (nSPS) is 11.8. The third kappa shape index (κ3) is 18.3. The van der Waals surface area contributed by atoms with Crippen LogP contribution in [0, 0.1) is 17.8 Å². The molecule has 0 saturated heterocycles. The molecule has 0 aromatic heterocycles. The topological polar surface area (TPSA) is 111 Å². The number of rotatable bonds is 22. The highest BCUT2D eigenvalue weighted by molar-refractivity contribution is 5.82. The van der Waals surface area contributed by atoms with Crippen LogP contribution < -0.4 is 5.32 Å². The maximum atomic E-state index is 12.4. The van der Waals surface area contributed by atoms with Gasteiger partial charge in [-0.1, -0.05) is 41.5 Å². The third-order valence-electron chi connectivity index (χ3n) is 5.44. The number of hydrogen-bond donors (Lipinski definition) is 1. The van der Waals surface area contributed by atoms with Gasteiger partial charge in [-0.2, -0.15) is 0 Å². The second-order valence-corrected chi connectivity index (χ2v) is 9.88. The molecule has 0 heterocycles. The van der Waals surface area contributed by atoms with Gasteiger partial charge in [0.25, 0.3) is 0 Å². The zero-order valence-corrected chi connectivity index (χ0v) is 22.9. The van der Waals surface area contributed by atoms with Crippen LogP contribution in [0.15, 0.2) is 0 Å². The van der Waals surface area contributed by atoms with Gasteiger partial charge in [0, 0.05) is 43.6 Å². The van der Waals surface area contributed by atoms with E-state index in [-0.39, 0.29) is 86.5 Å². The SMILES string of the molecule is CC(C)C(=O)CCOCC(COCCC(=O)C(C)C)NC(=O)CCOCCN(C)CC(=O)C(C)C. The number of nitrogens with one attached hydrogen (secondary N) is 1. The molecule has 0 bridgehead atoms. The fourth-order valence-electron chi connectivity index (χ4n) is 2.82. The van der Waals surface area contributed by atoms with Gasteiger partial charge in [0.05, 0.1) is 52.2 Å². The van der Waals surface area contributed by atoms with Gasteiger partial charge in [0.1, 0.15) is 17.3 Å². The fourth-order valence-corrected chi connectivity index (χ4v) is 2.82.